The van der Waals surface area contributed by atoms with Gasteiger partial charge in [-0.25, -0.2) is 22.6 Å². The van der Waals surface area contributed by atoms with Gasteiger partial charge in [-0.1, -0.05) is 0 Å². The molecule has 2 N–H and O–H groups in total. The second-order valence-electron chi connectivity index (χ2n) is 4.77. The van der Waals surface area contributed by atoms with Crippen molar-refractivity contribution >= 4 is 17.3 Å². The van der Waals surface area contributed by atoms with E-state index >= 15 is 0 Å². The highest BCUT2D eigenvalue weighted by molar-refractivity contribution is 6.09. The Morgan fingerprint density at radius 2 is 1.71 bits per heavy atom. The topological polar surface area (TPSA) is 64.7 Å². The van der Waals surface area contributed by atoms with Crippen molar-refractivity contribution in [2.45, 2.75) is 6.42 Å². The summed E-state index contributed by atoms with van der Waals surface area (Å²) in [4.78, 5) is 15.4. The predicted molar refractivity (Wildman–Crippen MR) is 79.5 cm³/mol. The SMILES string of the molecule is COc1cc(F)c(N=C(N)CC(=O)c2ccc(F)cc2F)c(F)c1. The quantitative estimate of drug-likeness (QED) is 0.392. The number of amidine groups is 1. The zero-order valence-electron chi connectivity index (χ0n) is 12.4. The van der Waals surface area contributed by atoms with E-state index in [1.165, 1.54) is 7.11 Å². The van der Waals surface area contributed by atoms with Gasteiger partial charge in [0.15, 0.2) is 17.4 Å². The van der Waals surface area contributed by atoms with E-state index in [1.54, 1.807) is 0 Å². The largest absolute Gasteiger partial charge is 0.497 e. The summed E-state index contributed by atoms with van der Waals surface area (Å²) >= 11 is 0. The lowest BCUT2D eigenvalue weighted by molar-refractivity contribution is 0.0996. The number of aliphatic imine (C=N–C) groups is 1. The summed E-state index contributed by atoms with van der Waals surface area (Å²) in [5, 5.41) is 0. The smallest absolute Gasteiger partial charge is 0.173 e. The first kappa shape index (κ1) is 17.5. The number of nitrogens with two attached hydrogens (primary N) is 1. The van der Waals surface area contributed by atoms with Crippen molar-refractivity contribution in [3.63, 3.8) is 0 Å². The first-order valence-corrected chi connectivity index (χ1v) is 6.66. The molecule has 0 aliphatic rings. The Labute approximate surface area is 134 Å². The summed E-state index contributed by atoms with van der Waals surface area (Å²) in [5.41, 5.74) is 4.41. The molecule has 126 valence electrons. The van der Waals surface area contributed by atoms with Gasteiger partial charge in [0.1, 0.15) is 28.9 Å². The van der Waals surface area contributed by atoms with Gasteiger partial charge in [-0.15, -0.1) is 0 Å². The number of hydrogen-bond donors (Lipinski definition) is 1. The van der Waals surface area contributed by atoms with E-state index < -0.39 is 52.6 Å². The molecule has 2 rings (SSSR count). The van der Waals surface area contributed by atoms with E-state index in [2.05, 4.69) is 4.99 Å². The third kappa shape index (κ3) is 3.89. The number of benzene rings is 2. The van der Waals surface area contributed by atoms with Crippen LogP contribution in [-0.4, -0.2) is 18.7 Å². The number of rotatable bonds is 5. The Balaban J connectivity index is 2.24. The molecule has 0 fully saturated rings. The molecule has 0 atom stereocenters. The summed E-state index contributed by atoms with van der Waals surface area (Å²) in [5.74, 6) is -5.24. The number of nitrogens with zero attached hydrogens (tertiary/aromatic N) is 1. The monoisotopic (exact) mass is 340 g/mol. The molecule has 0 aliphatic heterocycles. The van der Waals surface area contributed by atoms with Crippen molar-refractivity contribution in [3.05, 3.63) is 59.2 Å². The Bertz CT molecular complexity index is 799. The molecule has 0 radical (unpaired) electrons. The highest BCUT2D eigenvalue weighted by Gasteiger charge is 2.16. The molecule has 0 saturated carbocycles. The van der Waals surface area contributed by atoms with Crippen molar-refractivity contribution < 1.29 is 27.1 Å². The summed E-state index contributed by atoms with van der Waals surface area (Å²) in [7, 11) is 1.24. The van der Waals surface area contributed by atoms with E-state index in [-0.39, 0.29) is 5.75 Å². The van der Waals surface area contributed by atoms with E-state index in [4.69, 9.17) is 10.5 Å². The molecule has 0 spiro atoms. The first-order valence-electron chi connectivity index (χ1n) is 6.66. The number of halogens is 4. The van der Waals surface area contributed by atoms with Gasteiger partial charge in [0, 0.05) is 18.2 Å². The Morgan fingerprint density at radius 1 is 1.08 bits per heavy atom. The summed E-state index contributed by atoms with van der Waals surface area (Å²) in [6.07, 6.45) is -0.590. The van der Waals surface area contributed by atoms with Crippen molar-refractivity contribution in [3.8, 4) is 5.75 Å². The molecule has 4 nitrogen and oxygen atoms in total. The highest BCUT2D eigenvalue weighted by Crippen LogP contribution is 2.27. The second-order valence-corrected chi connectivity index (χ2v) is 4.77. The Morgan fingerprint density at radius 3 is 2.25 bits per heavy atom. The maximum absolute atomic E-state index is 13.8. The number of hydrogen-bond acceptors (Lipinski definition) is 3. The lowest BCUT2D eigenvalue weighted by Gasteiger charge is -2.06. The van der Waals surface area contributed by atoms with Crippen LogP contribution in [0.2, 0.25) is 0 Å². The minimum Gasteiger partial charge on any atom is -0.497 e. The maximum Gasteiger partial charge on any atom is 0.173 e. The number of carbonyl (C=O) groups excluding carboxylic acids is 1. The number of ketones is 1. The van der Waals surface area contributed by atoms with Crippen LogP contribution in [0.1, 0.15) is 16.8 Å². The molecule has 0 bridgehead atoms. The molecule has 0 aromatic heterocycles. The van der Waals surface area contributed by atoms with Gasteiger partial charge in [0.25, 0.3) is 0 Å². The van der Waals surface area contributed by atoms with E-state index in [9.17, 15) is 22.4 Å². The van der Waals surface area contributed by atoms with Crippen LogP contribution in [0, 0.1) is 23.3 Å². The van der Waals surface area contributed by atoms with Crippen molar-refractivity contribution in [1.29, 1.82) is 0 Å². The fourth-order valence-corrected chi connectivity index (χ4v) is 1.93. The van der Waals surface area contributed by atoms with E-state index in [0.29, 0.717) is 6.07 Å². The van der Waals surface area contributed by atoms with Crippen molar-refractivity contribution in [2.24, 2.45) is 10.7 Å². The van der Waals surface area contributed by atoms with Crippen LogP contribution in [0.3, 0.4) is 0 Å². The lowest BCUT2D eigenvalue weighted by atomic mass is 10.1. The van der Waals surface area contributed by atoms with E-state index in [0.717, 1.165) is 24.3 Å². The van der Waals surface area contributed by atoms with Gasteiger partial charge in [0.2, 0.25) is 0 Å². The summed E-state index contributed by atoms with van der Waals surface area (Å²) in [6.45, 7) is 0. The Hall–Kier alpha value is -2.90. The van der Waals surface area contributed by atoms with Crippen LogP contribution in [-0.2, 0) is 0 Å². The van der Waals surface area contributed by atoms with Crippen LogP contribution >= 0.6 is 0 Å². The normalized spacial score (nSPS) is 11.5. The molecule has 2 aromatic carbocycles. The summed E-state index contributed by atoms with van der Waals surface area (Å²) < 4.78 is 58.5. The molecule has 0 amide bonds. The van der Waals surface area contributed by atoms with Gasteiger partial charge in [-0.3, -0.25) is 4.79 Å². The number of carbonyl (C=O) groups is 1. The van der Waals surface area contributed by atoms with Gasteiger partial charge in [-0.05, 0) is 12.1 Å². The number of Topliss-reactive ketones (excluding diaryl/α,β-unsaturated/α-hetero) is 1. The molecule has 0 saturated heterocycles. The highest BCUT2D eigenvalue weighted by atomic mass is 19.1. The molecule has 0 heterocycles. The van der Waals surface area contributed by atoms with E-state index in [1.807, 2.05) is 0 Å². The third-order valence-electron chi connectivity index (χ3n) is 3.05. The molecular weight excluding hydrogens is 328 g/mol. The van der Waals surface area contributed by atoms with Crippen LogP contribution in [0.5, 0.6) is 5.75 Å². The fourth-order valence-electron chi connectivity index (χ4n) is 1.93. The Kier molecular flexibility index (Phi) is 5.18. The average Bonchev–Trinajstić information content (AvgIpc) is 2.50. The zero-order valence-corrected chi connectivity index (χ0v) is 12.4. The summed E-state index contributed by atoms with van der Waals surface area (Å²) in [6, 6.07) is 4.21. The first-order chi connectivity index (χ1) is 11.3. The molecule has 8 heteroatoms. The molecule has 0 aliphatic carbocycles. The molecule has 2 aromatic rings. The number of ether oxygens (including phenoxy) is 1. The fraction of sp³-hybridized carbons (Fsp3) is 0.125. The third-order valence-corrected chi connectivity index (χ3v) is 3.05. The minimum atomic E-state index is -1.06. The average molecular weight is 340 g/mol. The lowest BCUT2D eigenvalue weighted by Crippen LogP contribution is -2.18. The van der Waals surface area contributed by atoms with Crippen LogP contribution in [0.15, 0.2) is 35.3 Å². The molecule has 24 heavy (non-hydrogen) atoms. The standard InChI is InChI=1S/C16H12F4N2O2/c1-24-9-5-12(19)16(13(20)6-9)22-15(21)7-14(23)10-3-2-8(17)4-11(10)18/h2-6H,7H2,1H3,(H2,21,22). The minimum absolute atomic E-state index is 0.0491. The zero-order chi connectivity index (χ0) is 17.9. The molecular formula is C16H12F4N2O2. The van der Waals surface area contributed by atoms with Crippen LogP contribution in [0.4, 0.5) is 23.2 Å². The maximum atomic E-state index is 13.8. The van der Waals surface area contributed by atoms with Gasteiger partial charge in [0.05, 0.1) is 19.1 Å². The van der Waals surface area contributed by atoms with Crippen LogP contribution in [0.25, 0.3) is 0 Å². The number of methoxy groups -OCH3 is 1. The van der Waals surface area contributed by atoms with Crippen LogP contribution < -0.4 is 10.5 Å². The van der Waals surface area contributed by atoms with Gasteiger partial charge < -0.3 is 10.5 Å². The van der Waals surface area contributed by atoms with Gasteiger partial charge >= 0.3 is 0 Å². The molecule has 0 unspecified atom stereocenters. The van der Waals surface area contributed by atoms with Crippen molar-refractivity contribution in [2.75, 3.05) is 7.11 Å². The second kappa shape index (κ2) is 7.12. The van der Waals surface area contributed by atoms with Gasteiger partial charge in [-0.2, -0.15) is 0 Å². The van der Waals surface area contributed by atoms with Crippen molar-refractivity contribution in [1.82, 2.24) is 0 Å². The predicted octanol–water partition coefficient (Wildman–Crippen LogP) is 3.51.